The molecule has 0 bridgehead atoms. The molecule has 1 saturated heterocycles. The highest BCUT2D eigenvalue weighted by Crippen LogP contribution is 2.40. The van der Waals surface area contributed by atoms with E-state index in [4.69, 9.17) is 4.74 Å². The number of halogens is 1. The molecule has 1 aromatic rings. The Hall–Kier alpha value is -1.13. The van der Waals surface area contributed by atoms with Crippen LogP contribution in [0.4, 0.5) is 4.39 Å². The average molecular weight is 279 g/mol. The predicted molar refractivity (Wildman–Crippen MR) is 75.2 cm³/mol. The first-order valence-electron chi connectivity index (χ1n) is 7.39. The molecule has 0 saturated carbocycles. The molecule has 2 aliphatic heterocycles. The van der Waals surface area contributed by atoms with Gasteiger partial charge in [0.1, 0.15) is 12.7 Å². The number of rotatable bonds is 1. The number of ether oxygens (including phenoxy) is 1. The lowest BCUT2D eigenvalue weighted by Crippen LogP contribution is -2.48. The molecule has 1 fully saturated rings. The van der Waals surface area contributed by atoms with Crippen LogP contribution in [0.1, 0.15) is 31.9 Å². The molecule has 4 heteroatoms. The predicted octanol–water partition coefficient (Wildman–Crippen LogP) is 2.60. The highest BCUT2D eigenvalue weighted by atomic mass is 19.1. The number of likely N-dealkylation sites (tertiary alicyclic amines) is 1. The van der Waals surface area contributed by atoms with Crippen LogP contribution in [0.15, 0.2) is 18.2 Å². The average Bonchev–Trinajstić information content (AvgIpc) is 2.37. The molecule has 3 rings (SSSR count). The molecule has 2 heterocycles. The van der Waals surface area contributed by atoms with Gasteiger partial charge in [-0.3, -0.25) is 4.90 Å². The van der Waals surface area contributed by atoms with E-state index in [1.807, 2.05) is 6.07 Å². The van der Waals surface area contributed by atoms with E-state index >= 15 is 0 Å². The van der Waals surface area contributed by atoms with Crippen LogP contribution >= 0.6 is 0 Å². The third-order valence-corrected chi connectivity index (χ3v) is 4.37. The number of para-hydroxylation sites is 1. The van der Waals surface area contributed by atoms with Crippen LogP contribution in [-0.2, 0) is 0 Å². The first-order valence-corrected chi connectivity index (χ1v) is 7.39. The summed E-state index contributed by atoms with van der Waals surface area (Å²) in [6, 6.07) is 4.82. The largest absolute Gasteiger partial charge is 0.487 e. The van der Waals surface area contributed by atoms with Gasteiger partial charge in [-0.2, -0.15) is 0 Å². The molecule has 0 aromatic heterocycles. The zero-order chi connectivity index (χ0) is 14.3. The fraction of sp³-hybridized carbons (Fsp3) is 0.625. The minimum Gasteiger partial charge on any atom is -0.487 e. The molecular formula is C16H22FNO2. The standard InChI is InChI=1S/C16H22FNO2/c1-10-6-11(2)8-18(7-10)15-12-4-3-5-13(17)16(12)20-9-14(15)19/h3-5,10-11,14-15,19H,6-9H2,1-2H3. The van der Waals surface area contributed by atoms with Crippen LogP contribution in [-0.4, -0.2) is 35.8 Å². The zero-order valence-electron chi connectivity index (χ0n) is 12.1. The van der Waals surface area contributed by atoms with Crippen LogP contribution in [0.5, 0.6) is 5.75 Å². The maximum Gasteiger partial charge on any atom is 0.165 e. The minimum atomic E-state index is -0.596. The van der Waals surface area contributed by atoms with E-state index in [-0.39, 0.29) is 18.5 Å². The molecule has 110 valence electrons. The first-order chi connectivity index (χ1) is 9.56. The summed E-state index contributed by atoms with van der Waals surface area (Å²) in [7, 11) is 0. The molecule has 0 aliphatic carbocycles. The van der Waals surface area contributed by atoms with E-state index in [9.17, 15) is 9.50 Å². The van der Waals surface area contributed by atoms with Crippen molar-refractivity contribution >= 4 is 0 Å². The molecular weight excluding hydrogens is 257 g/mol. The quantitative estimate of drug-likeness (QED) is 0.857. The summed E-state index contributed by atoms with van der Waals surface area (Å²) >= 11 is 0. The second-order valence-electron chi connectivity index (χ2n) is 6.38. The van der Waals surface area contributed by atoms with Gasteiger partial charge in [0, 0.05) is 18.7 Å². The van der Waals surface area contributed by atoms with Gasteiger partial charge < -0.3 is 9.84 Å². The van der Waals surface area contributed by atoms with E-state index in [2.05, 4.69) is 18.7 Å². The Bertz CT molecular complexity index is 483. The third-order valence-electron chi connectivity index (χ3n) is 4.37. The normalized spacial score (nSPS) is 34.4. The van der Waals surface area contributed by atoms with Crippen molar-refractivity contribution in [2.24, 2.45) is 11.8 Å². The highest BCUT2D eigenvalue weighted by molar-refractivity contribution is 5.40. The van der Waals surface area contributed by atoms with Crippen LogP contribution in [0.25, 0.3) is 0 Å². The monoisotopic (exact) mass is 279 g/mol. The van der Waals surface area contributed by atoms with Crippen molar-refractivity contribution in [1.82, 2.24) is 4.90 Å². The fourth-order valence-corrected chi connectivity index (χ4v) is 3.76. The molecule has 0 spiro atoms. The van der Waals surface area contributed by atoms with E-state index in [1.54, 1.807) is 6.07 Å². The van der Waals surface area contributed by atoms with Crippen molar-refractivity contribution in [3.05, 3.63) is 29.6 Å². The number of benzene rings is 1. The Morgan fingerprint density at radius 1 is 1.25 bits per heavy atom. The Morgan fingerprint density at radius 3 is 2.65 bits per heavy atom. The maximum absolute atomic E-state index is 13.9. The molecule has 1 N–H and O–H groups in total. The number of aliphatic hydroxyl groups excluding tert-OH is 1. The summed E-state index contributed by atoms with van der Waals surface area (Å²) in [5, 5.41) is 10.3. The van der Waals surface area contributed by atoms with Gasteiger partial charge in [-0.1, -0.05) is 26.0 Å². The summed E-state index contributed by atoms with van der Waals surface area (Å²) in [6.07, 6.45) is 0.619. The Labute approximate surface area is 119 Å². The Balaban J connectivity index is 1.94. The zero-order valence-corrected chi connectivity index (χ0v) is 12.1. The fourth-order valence-electron chi connectivity index (χ4n) is 3.76. The first kappa shape index (κ1) is 13.8. The van der Waals surface area contributed by atoms with Gasteiger partial charge in [0.25, 0.3) is 0 Å². The second kappa shape index (κ2) is 5.34. The van der Waals surface area contributed by atoms with E-state index in [0.717, 1.165) is 18.7 Å². The molecule has 1 aromatic carbocycles. The van der Waals surface area contributed by atoms with Gasteiger partial charge in [0.15, 0.2) is 11.6 Å². The third kappa shape index (κ3) is 2.42. The Morgan fingerprint density at radius 2 is 1.95 bits per heavy atom. The van der Waals surface area contributed by atoms with E-state index < -0.39 is 6.10 Å². The maximum atomic E-state index is 13.9. The molecule has 4 unspecified atom stereocenters. The minimum absolute atomic E-state index is 0.153. The summed E-state index contributed by atoms with van der Waals surface area (Å²) < 4.78 is 19.3. The highest BCUT2D eigenvalue weighted by Gasteiger charge is 2.38. The molecule has 20 heavy (non-hydrogen) atoms. The van der Waals surface area contributed by atoms with Crippen molar-refractivity contribution in [2.75, 3.05) is 19.7 Å². The van der Waals surface area contributed by atoms with Gasteiger partial charge in [-0.05, 0) is 24.3 Å². The van der Waals surface area contributed by atoms with E-state index in [1.165, 1.54) is 12.5 Å². The second-order valence-corrected chi connectivity index (χ2v) is 6.38. The molecule has 0 amide bonds. The number of piperidine rings is 1. The Kier molecular flexibility index (Phi) is 3.69. The molecule has 3 nitrogen and oxygen atoms in total. The summed E-state index contributed by atoms with van der Waals surface area (Å²) in [5.74, 6) is 1.18. The van der Waals surface area contributed by atoms with Crippen molar-refractivity contribution < 1.29 is 14.2 Å². The van der Waals surface area contributed by atoms with Crippen LogP contribution < -0.4 is 4.74 Å². The number of fused-ring (bicyclic) bond motifs is 1. The van der Waals surface area contributed by atoms with Crippen molar-refractivity contribution in [3.8, 4) is 5.75 Å². The lowest BCUT2D eigenvalue weighted by atomic mass is 9.87. The van der Waals surface area contributed by atoms with Crippen LogP contribution in [0.3, 0.4) is 0 Å². The molecule has 0 radical (unpaired) electrons. The van der Waals surface area contributed by atoms with Crippen LogP contribution in [0.2, 0.25) is 0 Å². The van der Waals surface area contributed by atoms with Gasteiger partial charge >= 0.3 is 0 Å². The summed E-state index contributed by atoms with van der Waals surface area (Å²) in [4.78, 5) is 2.30. The lowest BCUT2D eigenvalue weighted by molar-refractivity contribution is -0.0242. The van der Waals surface area contributed by atoms with Gasteiger partial charge in [0.05, 0.1) is 6.04 Å². The number of hydrogen-bond acceptors (Lipinski definition) is 3. The smallest absolute Gasteiger partial charge is 0.165 e. The van der Waals surface area contributed by atoms with Crippen molar-refractivity contribution in [1.29, 1.82) is 0 Å². The van der Waals surface area contributed by atoms with Gasteiger partial charge in [-0.25, -0.2) is 4.39 Å². The van der Waals surface area contributed by atoms with Crippen LogP contribution in [0, 0.1) is 17.7 Å². The van der Waals surface area contributed by atoms with Crippen molar-refractivity contribution in [3.63, 3.8) is 0 Å². The van der Waals surface area contributed by atoms with Gasteiger partial charge in [-0.15, -0.1) is 0 Å². The summed E-state index contributed by atoms with van der Waals surface area (Å²) in [6.45, 7) is 6.53. The molecule has 2 aliphatic rings. The SMILES string of the molecule is CC1CC(C)CN(C2c3cccc(F)c3OCC2O)C1. The number of hydrogen-bond donors (Lipinski definition) is 1. The molecule has 4 atom stereocenters. The van der Waals surface area contributed by atoms with Crippen molar-refractivity contribution in [2.45, 2.75) is 32.4 Å². The summed E-state index contributed by atoms with van der Waals surface area (Å²) in [5.41, 5.74) is 0.782. The number of aliphatic hydroxyl groups is 1. The topological polar surface area (TPSA) is 32.7 Å². The number of nitrogens with zero attached hydrogens (tertiary/aromatic N) is 1. The van der Waals surface area contributed by atoms with E-state index in [0.29, 0.717) is 17.6 Å². The van der Waals surface area contributed by atoms with Gasteiger partial charge in [0.2, 0.25) is 0 Å². The lowest BCUT2D eigenvalue weighted by Gasteiger charge is -2.44.